The van der Waals surface area contributed by atoms with Crippen molar-refractivity contribution in [3.05, 3.63) is 29.3 Å². The van der Waals surface area contributed by atoms with E-state index >= 15 is 0 Å². The summed E-state index contributed by atoms with van der Waals surface area (Å²) in [7, 11) is 0. The SMILES string of the molecule is CC1(C(=O)Nc2ccc(C#N)cc2C(F)(F)F)CCCN1. The average molecular weight is 297 g/mol. The number of benzene rings is 1. The molecule has 1 saturated heterocycles. The lowest BCUT2D eigenvalue weighted by molar-refractivity contribution is -0.137. The molecule has 112 valence electrons. The van der Waals surface area contributed by atoms with Gasteiger partial charge in [-0.05, 0) is 44.5 Å². The topological polar surface area (TPSA) is 64.9 Å². The lowest BCUT2D eigenvalue weighted by atomic mass is 9.98. The molecule has 1 aromatic rings. The fourth-order valence-corrected chi connectivity index (χ4v) is 2.31. The van der Waals surface area contributed by atoms with Crippen LogP contribution in [0.1, 0.15) is 30.9 Å². The van der Waals surface area contributed by atoms with Crippen LogP contribution in [0.2, 0.25) is 0 Å². The van der Waals surface area contributed by atoms with Gasteiger partial charge < -0.3 is 10.6 Å². The summed E-state index contributed by atoms with van der Waals surface area (Å²) < 4.78 is 39.0. The number of nitrogens with one attached hydrogen (secondary N) is 2. The van der Waals surface area contributed by atoms with E-state index in [1.807, 2.05) is 0 Å². The van der Waals surface area contributed by atoms with Crippen molar-refractivity contribution in [3.63, 3.8) is 0 Å². The number of halogens is 3. The Kier molecular flexibility index (Phi) is 3.92. The lowest BCUT2D eigenvalue weighted by Crippen LogP contribution is -2.48. The van der Waals surface area contributed by atoms with Crippen LogP contribution >= 0.6 is 0 Å². The number of alkyl halides is 3. The highest BCUT2D eigenvalue weighted by atomic mass is 19.4. The fraction of sp³-hybridized carbons (Fsp3) is 0.429. The van der Waals surface area contributed by atoms with Crippen LogP contribution in [0.15, 0.2) is 18.2 Å². The molecule has 1 fully saturated rings. The second kappa shape index (κ2) is 5.37. The number of anilines is 1. The molecule has 2 rings (SSSR count). The first-order chi connectivity index (χ1) is 9.76. The van der Waals surface area contributed by atoms with Gasteiger partial charge >= 0.3 is 6.18 Å². The van der Waals surface area contributed by atoms with E-state index in [4.69, 9.17) is 5.26 Å². The molecule has 1 heterocycles. The molecule has 2 N–H and O–H groups in total. The molecule has 0 aliphatic carbocycles. The molecule has 0 bridgehead atoms. The van der Waals surface area contributed by atoms with Gasteiger partial charge in [0.1, 0.15) is 0 Å². The van der Waals surface area contributed by atoms with Gasteiger partial charge in [0.15, 0.2) is 0 Å². The highest BCUT2D eigenvalue weighted by molar-refractivity contribution is 5.98. The minimum Gasteiger partial charge on any atom is -0.324 e. The second-order valence-electron chi connectivity index (χ2n) is 5.19. The summed E-state index contributed by atoms with van der Waals surface area (Å²) in [6, 6.07) is 4.75. The van der Waals surface area contributed by atoms with Crippen molar-refractivity contribution in [3.8, 4) is 6.07 Å². The Bertz CT molecular complexity index is 598. The number of rotatable bonds is 2. The summed E-state index contributed by atoms with van der Waals surface area (Å²) >= 11 is 0. The van der Waals surface area contributed by atoms with Crippen LogP contribution in [0.3, 0.4) is 0 Å². The van der Waals surface area contributed by atoms with E-state index in [1.165, 1.54) is 6.07 Å². The Morgan fingerprint density at radius 2 is 2.19 bits per heavy atom. The molecule has 1 atom stereocenters. The zero-order chi connectivity index (χ0) is 15.7. The Morgan fingerprint density at radius 1 is 1.48 bits per heavy atom. The van der Waals surface area contributed by atoms with E-state index in [0.29, 0.717) is 13.0 Å². The standard InChI is InChI=1S/C14H14F3N3O/c1-13(5-2-6-19-13)12(21)20-11-4-3-9(8-18)7-10(11)14(15,16)17/h3-4,7,19H,2,5-6H2,1H3,(H,20,21). The molecule has 1 aliphatic heterocycles. The number of nitrogens with zero attached hydrogens (tertiary/aromatic N) is 1. The van der Waals surface area contributed by atoms with E-state index in [1.54, 1.807) is 13.0 Å². The smallest absolute Gasteiger partial charge is 0.324 e. The predicted octanol–water partition coefficient (Wildman–Crippen LogP) is 2.66. The van der Waals surface area contributed by atoms with Gasteiger partial charge in [0.25, 0.3) is 0 Å². The number of hydrogen-bond acceptors (Lipinski definition) is 3. The summed E-state index contributed by atoms with van der Waals surface area (Å²) in [5.41, 5.74) is -2.32. The van der Waals surface area contributed by atoms with Gasteiger partial charge in [-0.25, -0.2) is 0 Å². The van der Waals surface area contributed by atoms with Gasteiger partial charge in [-0.3, -0.25) is 4.79 Å². The molecule has 0 spiro atoms. The van der Waals surface area contributed by atoms with E-state index in [0.717, 1.165) is 18.6 Å². The van der Waals surface area contributed by atoms with Crippen LogP contribution in [0.4, 0.5) is 18.9 Å². The third-order valence-corrected chi connectivity index (χ3v) is 3.57. The molecule has 1 aromatic carbocycles. The normalized spacial score (nSPS) is 21.9. The van der Waals surface area contributed by atoms with Crippen LogP contribution in [-0.4, -0.2) is 18.0 Å². The molecule has 0 aromatic heterocycles. The van der Waals surface area contributed by atoms with Gasteiger partial charge in [-0.1, -0.05) is 0 Å². The van der Waals surface area contributed by atoms with Crippen molar-refractivity contribution in [1.29, 1.82) is 5.26 Å². The molecular weight excluding hydrogens is 283 g/mol. The largest absolute Gasteiger partial charge is 0.418 e. The lowest BCUT2D eigenvalue weighted by Gasteiger charge is -2.24. The van der Waals surface area contributed by atoms with Crippen molar-refractivity contribution in [1.82, 2.24) is 5.32 Å². The third kappa shape index (κ3) is 3.16. The maximum absolute atomic E-state index is 13.0. The van der Waals surface area contributed by atoms with Crippen LogP contribution in [-0.2, 0) is 11.0 Å². The molecule has 21 heavy (non-hydrogen) atoms. The van der Waals surface area contributed by atoms with Crippen molar-refractivity contribution in [2.24, 2.45) is 0 Å². The molecular formula is C14H14F3N3O. The second-order valence-corrected chi connectivity index (χ2v) is 5.19. The number of nitriles is 1. The molecule has 1 unspecified atom stereocenters. The summed E-state index contributed by atoms with van der Waals surface area (Å²) in [6.07, 6.45) is -3.28. The highest BCUT2D eigenvalue weighted by Crippen LogP contribution is 2.36. The van der Waals surface area contributed by atoms with Gasteiger partial charge in [-0.2, -0.15) is 18.4 Å². The zero-order valence-corrected chi connectivity index (χ0v) is 11.3. The number of hydrogen-bond donors (Lipinski definition) is 2. The summed E-state index contributed by atoms with van der Waals surface area (Å²) in [6.45, 7) is 2.32. The summed E-state index contributed by atoms with van der Waals surface area (Å²) in [5, 5.41) is 14.0. The summed E-state index contributed by atoms with van der Waals surface area (Å²) in [4.78, 5) is 12.2. The third-order valence-electron chi connectivity index (χ3n) is 3.57. The first kappa shape index (κ1) is 15.3. The van der Waals surface area contributed by atoms with Gasteiger partial charge in [0.05, 0.1) is 28.4 Å². The van der Waals surface area contributed by atoms with Gasteiger partial charge in [-0.15, -0.1) is 0 Å². The summed E-state index contributed by atoms with van der Waals surface area (Å²) in [5.74, 6) is -0.504. The van der Waals surface area contributed by atoms with E-state index in [9.17, 15) is 18.0 Å². The number of carbonyl (C=O) groups is 1. The maximum atomic E-state index is 13.0. The molecule has 4 nitrogen and oxygen atoms in total. The zero-order valence-electron chi connectivity index (χ0n) is 11.3. The van der Waals surface area contributed by atoms with Crippen molar-refractivity contribution >= 4 is 11.6 Å². The Labute approximate surface area is 119 Å². The minimum atomic E-state index is -4.64. The van der Waals surface area contributed by atoms with E-state index < -0.39 is 23.2 Å². The number of amides is 1. The maximum Gasteiger partial charge on any atom is 0.418 e. The molecule has 7 heteroatoms. The molecule has 1 amide bonds. The fourth-order valence-electron chi connectivity index (χ4n) is 2.31. The highest BCUT2D eigenvalue weighted by Gasteiger charge is 2.38. The first-order valence-electron chi connectivity index (χ1n) is 6.44. The van der Waals surface area contributed by atoms with Crippen molar-refractivity contribution in [2.45, 2.75) is 31.5 Å². The predicted molar refractivity (Wildman–Crippen MR) is 70.4 cm³/mol. The molecule has 1 aliphatic rings. The van der Waals surface area contributed by atoms with E-state index in [-0.39, 0.29) is 11.3 Å². The Balaban J connectivity index is 2.32. The first-order valence-corrected chi connectivity index (χ1v) is 6.44. The minimum absolute atomic E-state index is 0.106. The quantitative estimate of drug-likeness (QED) is 0.882. The van der Waals surface area contributed by atoms with E-state index in [2.05, 4.69) is 10.6 Å². The monoisotopic (exact) mass is 297 g/mol. The Hall–Kier alpha value is -2.07. The molecule has 0 saturated carbocycles. The van der Waals surface area contributed by atoms with Gasteiger partial charge in [0, 0.05) is 0 Å². The van der Waals surface area contributed by atoms with Gasteiger partial charge in [0.2, 0.25) is 5.91 Å². The molecule has 0 radical (unpaired) electrons. The van der Waals surface area contributed by atoms with Crippen molar-refractivity contribution in [2.75, 3.05) is 11.9 Å². The van der Waals surface area contributed by atoms with Crippen LogP contribution < -0.4 is 10.6 Å². The van der Waals surface area contributed by atoms with Crippen LogP contribution in [0.25, 0.3) is 0 Å². The Morgan fingerprint density at radius 3 is 2.71 bits per heavy atom. The van der Waals surface area contributed by atoms with Crippen LogP contribution in [0, 0.1) is 11.3 Å². The number of carbonyl (C=O) groups excluding carboxylic acids is 1. The average Bonchev–Trinajstić information content (AvgIpc) is 2.86. The van der Waals surface area contributed by atoms with Crippen molar-refractivity contribution < 1.29 is 18.0 Å². The van der Waals surface area contributed by atoms with Crippen LogP contribution in [0.5, 0.6) is 0 Å².